The number of nitrogens with zero attached hydrogens (tertiary/aromatic N) is 1. The van der Waals surface area contributed by atoms with E-state index in [1.165, 1.54) is 5.56 Å². The van der Waals surface area contributed by atoms with Gasteiger partial charge in [-0.15, -0.1) is 0 Å². The molecule has 1 atom stereocenters. The van der Waals surface area contributed by atoms with Crippen molar-refractivity contribution in [3.8, 4) is 0 Å². The SMILES string of the molecule is CCC1(Cc2ccncc2)CCC(=O)N1. The van der Waals surface area contributed by atoms with Crippen molar-refractivity contribution in [1.29, 1.82) is 0 Å². The van der Waals surface area contributed by atoms with Gasteiger partial charge in [0, 0.05) is 24.4 Å². The monoisotopic (exact) mass is 204 g/mol. The van der Waals surface area contributed by atoms with Crippen LogP contribution in [-0.4, -0.2) is 16.4 Å². The topological polar surface area (TPSA) is 42.0 Å². The minimum absolute atomic E-state index is 0.0154. The maximum atomic E-state index is 11.3. The van der Waals surface area contributed by atoms with E-state index in [0.717, 1.165) is 19.3 Å². The minimum atomic E-state index is -0.0154. The molecule has 0 aromatic carbocycles. The number of hydrogen-bond donors (Lipinski definition) is 1. The summed E-state index contributed by atoms with van der Waals surface area (Å²) in [5.41, 5.74) is 1.23. The summed E-state index contributed by atoms with van der Waals surface area (Å²) in [5, 5.41) is 3.11. The van der Waals surface area contributed by atoms with Crippen LogP contribution < -0.4 is 5.32 Å². The van der Waals surface area contributed by atoms with Crippen LogP contribution in [0.1, 0.15) is 31.7 Å². The molecule has 1 fully saturated rings. The molecular weight excluding hydrogens is 188 g/mol. The molecule has 0 radical (unpaired) electrons. The van der Waals surface area contributed by atoms with Crippen LogP contribution in [0.15, 0.2) is 24.5 Å². The summed E-state index contributed by atoms with van der Waals surface area (Å²) in [4.78, 5) is 15.3. The largest absolute Gasteiger partial charge is 0.350 e. The molecule has 1 N–H and O–H groups in total. The lowest BCUT2D eigenvalue weighted by molar-refractivity contribution is -0.119. The molecule has 1 aliphatic heterocycles. The van der Waals surface area contributed by atoms with Gasteiger partial charge in [-0.1, -0.05) is 6.92 Å². The van der Waals surface area contributed by atoms with E-state index in [0.29, 0.717) is 6.42 Å². The van der Waals surface area contributed by atoms with Gasteiger partial charge >= 0.3 is 0 Å². The lowest BCUT2D eigenvalue weighted by Gasteiger charge is -2.27. The Bertz CT molecular complexity index is 350. The average molecular weight is 204 g/mol. The molecular formula is C12H16N2O. The van der Waals surface area contributed by atoms with Gasteiger partial charge in [0.2, 0.25) is 5.91 Å². The van der Waals surface area contributed by atoms with E-state index in [1.807, 2.05) is 12.1 Å². The van der Waals surface area contributed by atoms with E-state index in [4.69, 9.17) is 0 Å². The van der Waals surface area contributed by atoms with E-state index >= 15 is 0 Å². The fourth-order valence-electron chi connectivity index (χ4n) is 2.19. The second kappa shape index (κ2) is 4.01. The summed E-state index contributed by atoms with van der Waals surface area (Å²) in [6.45, 7) is 2.13. The van der Waals surface area contributed by atoms with Crippen LogP contribution in [0.5, 0.6) is 0 Å². The first-order valence-corrected chi connectivity index (χ1v) is 5.44. The zero-order chi connectivity index (χ0) is 10.7. The third-order valence-electron chi connectivity index (χ3n) is 3.20. The van der Waals surface area contributed by atoms with Gasteiger partial charge in [-0.3, -0.25) is 9.78 Å². The highest BCUT2D eigenvalue weighted by molar-refractivity contribution is 5.79. The molecule has 1 aliphatic rings. The van der Waals surface area contributed by atoms with Crippen molar-refractivity contribution in [2.45, 2.75) is 38.1 Å². The maximum Gasteiger partial charge on any atom is 0.220 e. The number of pyridine rings is 1. The summed E-state index contributed by atoms with van der Waals surface area (Å²) in [6.07, 6.45) is 7.12. The molecule has 2 heterocycles. The summed E-state index contributed by atoms with van der Waals surface area (Å²) in [7, 11) is 0. The van der Waals surface area contributed by atoms with Gasteiger partial charge in [-0.05, 0) is 37.0 Å². The lowest BCUT2D eigenvalue weighted by Crippen LogP contribution is -2.42. The van der Waals surface area contributed by atoms with Crippen LogP contribution in [0.2, 0.25) is 0 Å². The number of carbonyl (C=O) groups is 1. The van der Waals surface area contributed by atoms with Crippen LogP contribution >= 0.6 is 0 Å². The number of hydrogen-bond acceptors (Lipinski definition) is 2. The molecule has 1 aromatic heterocycles. The second-order valence-corrected chi connectivity index (χ2v) is 4.21. The average Bonchev–Trinajstić information content (AvgIpc) is 2.62. The molecule has 2 rings (SSSR count). The van der Waals surface area contributed by atoms with Gasteiger partial charge in [-0.25, -0.2) is 0 Å². The van der Waals surface area contributed by atoms with Crippen LogP contribution in [0.3, 0.4) is 0 Å². The van der Waals surface area contributed by atoms with E-state index in [2.05, 4.69) is 17.2 Å². The number of rotatable bonds is 3. The highest BCUT2D eigenvalue weighted by atomic mass is 16.2. The molecule has 0 bridgehead atoms. The predicted molar refractivity (Wildman–Crippen MR) is 58.3 cm³/mol. The molecule has 15 heavy (non-hydrogen) atoms. The molecule has 1 saturated heterocycles. The molecule has 1 unspecified atom stereocenters. The molecule has 3 heteroatoms. The van der Waals surface area contributed by atoms with Crippen molar-refractivity contribution in [3.05, 3.63) is 30.1 Å². The lowest BCUT2D eigenvalue weighted by atomic mass is 9.87. The number of aromatic nitrogens is 1. The highest BCUT2D eigenvalue weighted by Crippen LogP contribution is 2.27. The highest BCUT2D eigenvalue weighted by Gasteiger charge is 2.35. The van der Waals surface area contributed by atoms with Crippen molar-refractivity contribution in [3.63, 3.8) is 0 Å². The van der Waals surface area contributed by atoms with Crippen molar-refractivity contribution < 1.29 is 4.79 Å². The smallest absolute Gasteiger partial charge is 0.220 e. The summed E-state index contributed by atoms with van der Waals surface area (Å²) in [5.74, 6) is 0.186. The predicted octanol–water partition coefficient (Wildman–Crippen LogP) is 1.68. The van der Waals surface area contributed by atoms with E-state index in [-0.39, 0.29) is 11.4 Å². The first-order chi connectivity index (χ1) is 7.24. The standard InChI is InChI=1S/C12H16N2O/c1-2-12(6-3-11(15)14-12)9-10-4-7-13-8-5-10/h4-5,7-8H,2-3,6,9H2,1H3,(H,14,15). The van der Waals surface area contributed by atoms with Gasteiger partial charge in [0.15, 0.2) is 0 Å². The van der Waals surface area contributed by atoms with Gasteiger partial charge in [0.1, 0.15) is 0 Å². The summed E-state index contributed by atoms with van der Waals surface area (Å²) in [6, 6.07) is 4.03. The number of carbonyl (C=O) groups excluding carboxylic acids is 1. The van der Waals surface area contributed by atoms with Gasteiger partial charge < -0.3 is 5.32 Å². The first-order valence-electron chi connectivity index (χ1n) is 5.44. The van der Waals surface area contributed by atoms with Crippen molar-refractivity contribution in [2.75, 3.05) is 0 Å². The van der Waals surface area contributed by atoms with Crippen molar-refractivity contribution in [2.24, 2.45) is 0 Å². The summed E-state index contributed by atoms with van der Waals surface area (Å²) < 4.78 is 0. The van der Waals surface area contributed by atoms with Crippen molar-refractivity contribution >= 4 is 5.91 Å². The molecule has 0 aliphatic carbocycles. The zero-order valence-electron chi connectivity index (χ0n) is 8.99. The van der Waals surface area contributed by atoms with E-state index in [1.54, 1.807) is 12.4 Å². The van der Waals surface area contributed by atoms with Crippen LogP contribution in [-0.2, 0) is 11.2 Å². The van der Waals surface area contributed by atoms with E-state index in [9.17, 15) is 4.79 Å². The third kappa shape index (κ3) is 2.17. The second-order valence-electron chi connectivity index (χ2n) is 4.21. The number of amides is 1. The zero-order valence-corrected chi connectivity index (χ0v) is 8.99. The van der Waals surface area contributed by atoms with Gasteiger partial charge in [0.25, 0.3) is 0 Å². The van der Waals surface area contributed by atoms with Gasteiger partial charge in [0.05, 0.1) is 0 Å². The molecule has 80 valence electrons. The van der Waals surface area contributed by atoms with Crippen molar-refractivity contribution in [1.82, 2.24) is 10.3 Å². The molecule has 3 nitrogen and oxygen atoms in total. The minimum Gasteiger partial charge on any atom is -0.350 e. The number of nitrogens with one attached hydrogen (secondary N) is 1. The Labute approximate surface area is 89.9 Å². The Kier molecular flexibility index (Phi) is 2.71. The molecule has 0 spiro atoms. The Morgan fingerprint density at radius 3 is 2.73 bits per heavy atom. The Morgan fingerprint density at radius 1 is 1.47 bits per heavy atom. The first kappa shape index (κ1) is 10.1. The van der Waals surface area contributed by atoms with Crippen LogP contribution in [0.25, 0.3) is 0 Å². The molecule has 1 aromatic rings. The van der Waals surface area contributed by atoms with Crippen LogP contribution in [0.4, 0.5) is 0 Å². The Balaban J connectivity index is 2.12. The van der Waals surface area contributed by atoms with Crippen LogP contribution in [0, 0.1) is 0 Å². The summed E-state index contributed by atoms with van der Waals surface area (Å²) >= 11 is 0. The normalized spacial score (nSPS) is 25.3. The molecule has 0 saturated carbocycles. The Morgan fingerprint density at radius 2 is 2.20 bits per heavy atom. The third-order valence-corrected chi connectivity index (χ3v) is 3.20. The van der Waals surface area contributed by atoms with Gasteiger partial charge in [-0.2, -0.15) is 0 Å². The Hall–Kier alpha value is -1.38. The fourth-order valence-corrected chi connectivity index (χ4v) is 2.19. The maximum absolute atomic E-state index is 11.3. The quantitative estimate of drug-likeness (QED) is 0.814. The van der Waals surface area contributed by atoms with E-state index < -0.39 is 0 Å². The fraction of sp³-hybridized carbons (Fsp3) is 0.500. The molecule has 1 amide bonds.